The zero-order valence-corrected chi connectivity index (χ0v) is 12.8. The second-order valence-corrected chi connectivity index (χ2v) is 5.75. The maximum atomic E-state index is 5.96. The van der Waals surface area contributed by atoms with Gasteiger partial charge in [-0.05, 0) is 31.6 Å². The normalized spacial score (nSPS) is 23.8. The fourth-order valence-corrected chi connectivity index (χ4v) is 3.71. The second kappa shape index (κ2) is 6.56. The third kappa shape index (κ3) is 2.71. The Morgan fingerprint density at radius 3 is 2.47 bits per heavy atom. The summed E-state index contributed by atoms with van der Waals surface area (Å²) in [5, 5.41) is 4.93. The van der Waals surface area contributed by atoms with Gasteiger partial charge in [-0.2, -0.15) is 5.10 Å². The van der Waals surface area contributed by atoms with Gasteiger partial charge in [0.25, 0.3) is 0 Å². The Balaban J connectivity index is 2.39. The molecular formula is C16H29N3. The van der Waals surface area contributed by atoms with Crippen molar-refractivity contribution in [1.29, 1.82) is 0 Å². The molecule has 0 amide bonds. The van der Waals surface area contributed by atoms with E-state index >= 15 is 0 Å². The molecule has 1 heterocycles. The molecule has 1 aliphatic rings. The van der Waals surface area contributed by atoms with Gasteiger partial charge in [0.15, 0.2) is 0 Å². The lowest BCUT2D eigenvalue weighted by molar-refractivity contribution is 0.213. The number of rotatable bonds is 5. The lowest BCUT2D eigenvalue weighted by atomic mass is 9.83. The summed E-state index contributed by atoms with van der Waals surface area (Å²) in [5.74, 6) is 0.800. The zero-order valence-electron chi connectivity index (χ0n) is 12.8. The van der Waals surface area contributed by atoms with Crippen LogP contribution in [0.1, 0.15) is 75.9 Å². The minimum Gasteiger partial charge on any atom is -0.326 e. The van der Waals surface area contributed by atoms with Crippen LogP contribution in [-0.4, -0.2) is 9.78 Å². The molecule has 0 aromatic carbocycles. The summed E-state index contributed by atoms with van der Waals surface area (Å²) in [4.78, 5) is 0. The van der Waals surface area contributed by atoms with E-state index in [0.717, 1.165) is 18.8 Å². The van der Waals surface area contributed by atoms with Crippen LogP contribution < -0.4 is 5.73 Å². The Morgan fingerprint density at radius 1 is 1.16 bits per heavy atom. The van der Waals surface area contributed by atoms with Gasteiger partial charge >= 0.3 is 0 Å². The van der Waals surface area contributed by atoms with Crippen LogP contribution in [-0.2, 0) is 19.4 Å². The highest BCUT2D eigenvalue weighted by atomic mass is 15.3. The molecule has 19 heavy (non-hydrogen) atoms. The van der Waals surface area contributed by atoms with Gasteiger partial charge in [-0.25, -0.2) is 0 Å². The topological polar surface area (TPSA) is 43.8 Å². The van der Waals surface area contributed by atoms with Crippen LogP contribution in [0.25, 0.3) is 0 Å². The van der Waals surface area contributed by atoms with Crippen molar-refractivity contribution in [2.75, 3.05) is 0 Å². The van der Waals surface area contributed by atoms with Crippen LogP contribution >= 0.6 is 0 Å². The minimum absolute atomic E-state index is 0.610. The van der Waals surface area contributed by atoms with Crippen molar-refractivity contribution in [2.45, 2.75) is 78.3 Å². The Bertz CT molecular complexity index is 408. The molecule has 3 nitrogen and oxygen atoms in total. The number of aryl methyl sites for hydroxylation is 1. The summed E-state index contributed by atoms with van der Waals surface area (Å²) in [6.45, 7) is 7.37. The molecule has 1 aliphatic carbocycles. The van der Waals surface area contributed by atoms with Crippen molar-refractivity contribution in [1.82, 2.24) is 9.78 Å². The van der Waals surface area contributed by atoms with E-state index in [2.05, 4.69) is 25.5 Å². The number of aromatic nitrogens is 2. The summed E-state index contributed by atoms with van der Waals surface area (Å²) >= 11 is 0. The molecule has 0 bridgehead atoms. The van der Waals surface area contributed by atoms with Crippen molar-refractivity contribution in [2.24, 2.45) is 11.7 Å². The summed E-state index contributed by atoms with van der Waals surface area (Å²) < 4.78 is 2.36. The van der Waals surface area contributed by atoms with Crippen molar-refractivity contribution >= 4 is 0 Å². The molecular weight excluding hydrogens is 234 g/mol. The zero-order chi connectivity index (χ0) is 13.8. The van der Waals surface area contributed by atoms with Crippen molar-refractivity contribution < 1.29 is 0 Å². The Morgan fingerprint density at radius 2 is 1.89 bits per heavy atom. The third-order valence-corrected chi connectivity index (χ3v) is 4.78. The fraction of sp³-hybridized carbons (Fsp3) is 0.812. The van der Waals surface area contributed by atoms with Crippen LogP contribution in [0.2, 0.25) is 0 Å². The standard InChI is InChI=1S/C16H29N3/c1-4-12-9-7-8-10-16(12)19-15(6-3)13(11-17)14(5-2)18-19/h12,16H,4-11,17H2,1-3H3. The first-order valence-corrected chi connectivity index (χ1v) is 8.05. The minimum atomic E-state index is 0.610. The summed E-state index contributed by atoms with van der Waals surface area (Å²) in [7, 11) is 0. The van der Waals surface area contributed by atoms with E-state index in [-0.39, 0.29) is 0 Å². The van der Waals surface area contributed by atoms with Crippen LogP contribution in [0.3, 0.4) is 0 Å². The van der Waals surface area contributed by atoms with Gasteiger partial charge in [0, 0.05) is 17.8 Å². The molecule has 3 heteroatoms. The van der Waals surface area contributed by atoms with E-state index in [1.807, 2.05) is 0 Å². The van der Waals surface area contributed by atoms with Gasteiger partial charge in [-0.15, -0.1) is 0 Å². The van der Waals surface area contributed by atoms with Crippen LogP contribution in [0, 0.1) is 5.92 Å². The lowest BCUT2D eigenvalue weighted by Crippen LogP contribution is -2.25. The van der Waals surface area contributed by atoms with Gasteiger partial charge in [-0.3, -0.25) is 4.68 Å². The van der Waals surface area contributed by atoms with Gasteiger partial charge < -0.3 is 5.73 Å². The van der Waals surface area contributed by atoms with Crippen LogP contribution in [0.4, 0.5) is 0 Å². The van der Waals surface area contributed by atoms with Crippen molar-refractivity contribution in [3.63, 3.8) is 0 Å². The molecule has 0 saturated heterocycles. The van der Waals surface area contributed by atoms with E-state index in [9.17, 15) is 0 Å². The van der Waals surface area contributed by atoms with Crippen LogP contribution in [0.15, 0.2) is 0 Å². The van der Waals surface area contributed by atoms with Gasteiger partial charge in [-0.1, -0.05) is 40.0 Å². The van der Waals surface area contributed by atoms with Gasteiger partial charge in [0.2, 0.25) is 0 Å². The molecule has 0 aliphatic heterocycles. The number of hydrogen-bond donors (Lipinski definition) is 1. The smallest absolute Gasteiger partial charge is 0.0669 e. The van der Waals surface area contributed by atoms with Crippen molar-refractivity contribution in [3.8, 4) is 0 Å². The highest BCUT2D eigenvalue weighted by Crippen LogP contribution is 2.37. The molecule has 2 unspecified atom stereocenters. The first-order valence-electron chi connectivity index (χ1n) is 8.05. The highest BCUT2D eigenvalue weighted by Gasteiger charge is 2.28. The molecule has 0 spiro atoms. The summed E-state index contributed by atoms with van der Waals surface area (Å²) in [6.07, 6.45) is 8.71. The number of hydrogen-bond acceptors (Lipinski definition) is 2. The molecule has 0 radical (unpaired) electrons. The number of nitrogens with two attached hydrogens (primary N) is 1. The van der Waals surface area contributed by atoms with E-state index in [1.54, 1.807) is 0 Å². The Kier molecular flexibility index (Phi) is 5.03. The first kappa shape index (κ1) is 14.6. The van der Waals surface area contributed by atoms with E-state index in [4.69, 9.17) is 10.8 Å². The van der Waals surface area contributed by atoms with E-state index in [0.29, 0.717) is 12.6 Å². The highest BCUT2D eigenvalue weighted by molar-refractivity contribution is 5.27. The molecule has 1 fully saturated rings. The first-order chi connectivity index (χ1) is 9.26. The molecule has 2 N–H and O–H groups in total. The monoisotopic (exact) mass is 263 g/mol. The molecule has 2 atom stereocenters. The van der Waals surface area contributed by atoms with E-state index < -0.39 is 0 Å². The maximum absolute atomic E-state index is 5.96. The third-order valence-electron chi connectivity index (χ3n) is 4.78. The maximum Gasteiger partial charge on any atom is 0.0669 e. The van der Waals surface area contributed by atoms with Gasteiger partial charge in [0.05, 0.1) is 11.7 Å². The summed E-state index contributed by atoms with van der Waals surface area (Å²) in [5.41, 5.74) is 9.89. The second-order valence-electron chi connectivity index (χ2n) is 5.75. The molecule has 1 aromatic heterocycles. The average Bonchev–Trinajstić information content (AvgIpc) is 2.84. The van der Waals surface area contributed by atoms with Crippen molar-refractivity contribution in [3.05, 3.63) is 17.0 Å². The molecule has 108 valence electrons. The summed E-state index contributed by atoms with van der Waals surface area (Å²) in [6, 6.07) is 0.610. The van der Waals surface area contributed by atoms with E-state index in [1.165, 1.54) is 49.1 Å². The molecule has 1 saturated carbocycles. The predicted molar refractivity (Wildman–Crippen MR) is 80.2 cm³/mol. The number of nitrogens with zero attached hydrogens (tertiary/aromatic N) is 2. The van der Waals surface area contributed by atoms with Crippen LogP contribution in [0.5, 0.6) is 0 Å². The average molecular weight is 263 g/mol. The molecule has 2 rings (SSSR count). The SMILES string of the molecule is CCc1nn(C2CCCCC2CC)c(CC)c1CN. The molecule has 1 aromatic rings. The quantitative estimate of drug-likeness (QED) is 0.882. The predicted octanol–water partition coefficient (Wildman–Crippen LogP) is 3.61. The Hall–Kier alpha value is -0.830. The van der Waals surface area contributed by atoms with Gasteiger partial charge in [0.1, 0.15) is 0 Å². The fourth-order valence-electron chi connectivity index (χ4n) is 3.71. The Labute approximate surface area is 117 Å². The largest absolute Gasteiger partial charge is 0.326 e. The lowest BCUT2D eigenvalue weighted by Gasteiger charge is -2.32.